The number of hydrogen-bond acceptors (Lipinski definition) is 7. The van der Waals surface area contributed by atoms with Gasteiger partial charge in [0.2, 0.25) is 17.8 Å². The average Bonchev–Trinajstić information content (AvgIpc) is 2.47. The molecule has 2 N–H and O–H groups in total. The van der Waals surface area contributed by atoms with E-state index in [9.17, 15) is 0 Å². The first-order valence-electron chi connectivity index (χ1n) is 7.64. The number of hydrogen-bond donors (Lipinski definition) is 2. The fourth-order valence-corrected chi connectivity index (χ4v) is 2.47. The van der Waals surface area contributed by atoms with Crippen LogP contribution in [0.3, 0.4) is 0 Å². The molecule has 0 spiro atoms. The van der Waals surface area contributed by atoms with Crippen molar-refractivity contribution in [1.29, 1.82) is 0 Å². The molecule has 1 aliphatic carbocycles. The zero-order chi connectivity index (χ0) is 15.3. The summed E-state index contributed by atoms with van der Waals surface area (Å²) in [5.74, 6) is 1.87. The second-order valence-electron chi connectivity index (χ2n) is 5.30. The predicted octanol–water partition coefficient (Wildman–Crippen LogP) is 1.74. The van der Waals surface area contributed by atoms with Crippen LogP contribution in [0.25, 0.3) is 0 Å². The van der Waals surface area contributed by atoms with Crippen molar-refractivity contribution in [2.75, 3.05) is 49.3 Å². The highest BCUT2D eigenvalue weighted by atomic mass is 16.5. The maximum absolute atomic E-state index is 5.61. The number of ether oxygens (including phenoxy) is 1. The zero-order valence-corrected chi connectivity index (χ0v) is 13.4. The van der Waals surface area contributed by atoms with E-state index >= 15 is 0 Å². The Bertz CT molecular complexity index is 453. The van der Waals surface area contributed by atoms with Crippen LogP contribution in [0.1, 0.15) is 33.1 Å². The van der Waals surface area contributed by atoms with E-state index in [0.717, 1.165) is 32.5 Å². The van der Waals surface area contributed by atoms with Gasteiger partial charge in [0.1, 0.15) is 0 Å². The van der Waals surface area contributed by atoms with Crippen molar-refractivity contribution in [1.82, 2.24) is 15.0 Å². The summed E-state index contributed by atoms with van der Waals surface area (Å²) >= 11 is 0. The lowest BCUT2D eigenvalue weighted by Gasteiger charge is -2.40. The Morgan fingerprint density at radius 1 is 1.14 bits per heavy atom. The van der Waals surface area contributed by atoms with Crippen LogP contribution in [0.15, 0.2) is 0 Å². The Kier molecular flexibility index (Phi) is 5.17. The van der Waals surface area contributed by atoms with Gasteiger partial charge < -0.3 is 20.3 Å². The molecule has 21 heavy (non-hydrogen) atoms. The van der Waals surface area contributed by atoms with Crippen molar-refractivity contribution >= 4 is 17.8 Å². The average molecular weight is 294 g/mol. The monoisotopic (exact) mass is 294 g/mol. The molecule has 0 aromatic carbocycles. The van der Waals surface area contributed by atoms with Crippen LogP contribution in [0, 0.1) is 0 Å². The summed E-state index contributed by atoms with van der Waals surface area (Å²) in [6.45, 7) is 6.64. The summed E-state index contributed by atoms with van der Waals surface area (Å²) in [6.07, 6.45) is 3.39. The Labute approximate surface area is 126 Å². The van der Waals surface area contributed by atoms with E-state index in [4.69, 9.17) is 4.74 Å². The van der Waals surface area contributed by atoms with Crippen LogP contribution in [0.2, 0.25) is 0 Å². The van der Waals surface area contributed by atoms with Gasteiger partial charge in [0.15, 0.2) is 0 Å². The van der Waals surface area contributed by atoms with Crippen LogP contribution in [0.4, 0.5) is 17.8 Å². The van der Waals surface area contributed by atoms with E-state index in [1.807, 2.05) is 7.05 Å². The van der Waals surface area contributed by atoms with Gasteiger partial charge in [0, 0.05) is 33.8 Å². The summed E-state index contributed by atoms with van der Waals surface area (Å²) < 4.78 is 5.61. The molecule has 0 amide bonds. The first-order valence-corrected chi connectivity index (χ1v) is 7.64. The lowest BCUT2D eigenvalue weighted by atomic mass is 9.80. The third-order valence-corrected chi connectivity index (χ3v) is 4.16. The molecular formula is C14H26N6O. The second kappa shape index (κ2) is 6.89. The molecule has 0 atom stereocenters. The Hall–Kier alpha value is -1.63. The lowest BCUT2D eigenvalue weighted by Crippen LogP contribution is -2.45. The number of nitrogens with zero attached hydrogens (tertiary/aromatic N) is 4. The first kappa shape index (κ1) is 15.8. The molecule has 1 fully saturated rings. The SMILES string of the molecule is CCN(CC)c1nc(NC)nc(NCC2(OC)CCC2)n1. The zero-order valence-electron chi connectivity index (χ0n) is 13.4. The Morgan fingerprint density at radius 2 is 1.81 bits per heavy atom. The molecular weight excluding hydrogens is 268 g/mol. The van der Waals surface area contributed by atoms with Gasteiger partial charge >= 0.3 is 0 Å². The van der Waals surface area contributed by atoms with Gasteiger partial charge in [-0.25, -0.2) is 0 Å². The fraction of sp³-hybridized carbons (Fsp3) is 0.786. The second-order valence-corrected chi connectivity index (χ2v) is 5.30. The van der Waals surface area contributed by atoms with Gasteiger partial charge in [-0.1, -0.05) is 0 Å². The normalized spacial score (nSPS) is 16.2. The first-order chi connectivity index (χ1) is 10.2. The molecule has 2 rings (SSSR count). The number of anilines is 3. The van der Waals surface area contributed by atoms with E-state index in [0.29, 0.717) is 17.8 Å². The number of aromatic nitrogens is 3. The van der Waals surface area contributed by atoms with Crippen molar-refractivity contribution < 1.29 is 4.74 Å². The topological polar surface area (TPSA) is 75.2 Å². The Balaban J connectivity index is 2.12. The molecule has 7 nitrogen and oxygen atoms in total. The van der Waals surface area contributed by atoms with E-state index in [-0.39, 0.29) is 5.60 Å². The van der Waals surface area contributed by atoms with Crippen LogP contribution >= 0.6 is 0 Å². The van der Waals surface area contributed by atoms with E-state index in [1.165, 1.54) is 6.42 Å². The summed E-state index contributed by atoms with van der Waals surface area (Å²) in [5, 5.41) is 6.29. The molecule has 1 aliphatic rings. The summed E-state index contributed by atoms with van der Waals surface area (Å²) in [7, 11) is 3.59. The van der Waals surface area contributed by atoms with Crippen LogP contribution in [-0.2, 0) is 4.74 Å². The third-order valence-electron chi connectivity index (χ3n) is 4.16. The minimum Gasteiger partial charge on any atom is -0.376 e. The predicted molar refractivity (Wildman–Crippen MR) is 85.0 cm³/mol. The standard InChI is InChI=1S/C14H26N6O/c1-5-20(6-2)13-18-11(15-3)17-12(19-13)16-10-14(21-4)8-7-9-14/h5-10H2,1-4H3,(H2,15,16,17,18,19). The van der Waals surface area contributed by atoms with Crippen molar-refractivity contribution in [3.8, 4) is 0 Å². The highest BCUT2D eigenvalue weighted by Crippen LogP contribution is 2.34. The maximum Gasteiger partial charge on any atom is 0.231 e. The quantitative estimate of drug-likeness (QED) is 0.756. The van der Waals surface area contributed by atoms with Gasteiger partial charge in [-0.15, -0.1) is 0 Å². The lowest BCUT2D eigenvalue weighted by molar-refractivity contribution is -0.0602. The molecule has 7 heteroatoms. The van der Waals surface area contributed by atoms with Gasteiger partial charge in [-0.2, -0.15) is 15.0 Å². The molecule has 0 unspecified atom stereocenters. The fourth-order valence-electron chi connectivity index (χ4n) is 2.47. The van der Waals surface area contributed by atoms with Crippen LogP contribution in [0.5, 0.6) is 0 Å². The van der Waals surface area contributed by atoms with Gasteiger partial charge in [0.25, 0.3) is 0 Å². The van der Waals surface area contributed by atoms with Crippen molar-refractivity contribution in [2.24, 2.45) is 0 Å². The van der Waals surface area contributed by atoms with Crippen LogP contribution < -0.4 is 15.5 Å². The smallest absolute Gasteiger partial charge is 0.231 e. The van der Waals surface area contributed by atoms with Crippen molar-refractivity contribution in [2.45, 2.75) is 38.7 Å². The van der Waals surface area contributed by atoms with Crippen molar-refractivity contribution in [3.05, 3.63) is 0 Å². The Morgan fingerprint density at radius 3 is 2.29 bits per heavy atom. The number of methoxy groups -OCH3 is 1. The largest absolute Gasteiger partial charge is 0.376 e. The molecule has 0 bridgehead atoms. The van der Waals surface area contributed by atoms with Crippen LogP contribution in [-0.4, -0.2) is 54.3 Å². The molecule has 0 saturated heterocycles. The summed E-state index contributed by atoms with van der Waals surface area (Å²) in [5.41, 5.74) is -0.0538. The molecule has 1 saturated carbocycles. The van der Waals surface area contributed by atoms with Crippen molar-refractivity contribution in [3.63, 3.8) is 0 Å². The van der Waals surface area contributed by atoms with Gasteiger partial charge in [0.05, 0.1) is 5.60 Å². The minimum atomic E-state index is -0.0538. The van der Waals surface area contributed by atoms with E-state index in [1.54, 1.807) is 7.11 Å². The third kappa shape index (κ3) is 3.53. The maximum atomic E-state index is 5.61. The van der Waals surface area contributed by atoms with E-state index < -0.39 is 0 Å². The number of nitrogens with one attached hydrogen (secondary N) is 2. The van der Waals surface area contributed by atoms with E-state index in [2.05, 4.69) is 44.3 Å². The highest BCUT2D eigenvalue weighted by Gasteiger charge is 2.36. The summed E-state index contributed by atoms with van der Waals surface area (Å²) in [4.78, 5) is 15.4. The molecule has 1 aromatic rings. The highest BCUT2D eigenvalue weighted by molar-refractivity contribution is 5.43. The molecule has 118 valence electrons. The molecule has 0 radical (unpaired) electrons. The molecule has 1 heterocycles. The minimum absolute atomic E-state index is 0.0538. The number of rotatable bonds is 8. The summed E-state index contributed by atoms with van der Waals surface area (Å²) in [6, 6.07) is 0. The molecule has 0 aliphatic heterocycles. The van der Waals surface area contributed by atoms with Gasteiger partial charge in [-0.05, 0) is 33.1 Å². The van der Waals surface area contributed by atoms with Gasteiger partial charge in [-0.3, -0.25) is 0 Å². The molecule has 1 aromatic heterocycles.